The largest absolute Gasteiger partial charge is 0.341 e. The topological polar surface area (TPSA) is 55.9 Å². The van der Waals surface area contributed by atoms with Crippen LogP contribution < -0.4 is 5.32 Å². The SMILES string of the molecule is O=C(Nc1ccccc1)C1CCCN(C(=O)CN2CCN(Cc3ccccc3)CC2)C1. The Morgan fingerprint density at radius 1 is 0.839 bits per heavy atom. The molecule has 4 rings (SSSR count). The van der Waals surface area contributed by atoms with Crippen LogP contribution in [0.25, 0.3) is 0 Å². The lowest BCUT2D eigenvalue weighted by molar-refractivity contribution is -0.136. The van der Waals surface area contributed by atoms with Gasteiger partial charge in [-0.15, -0.1) is 0 Å². The summed E-state index contributed by atoms with van der Waals surface area (Å²) in [5, 5.41) is 2.98. The van der Waals surface area contributed by atoms with Gasteiger partial charge in [0.15, 0.2) is 0 Å². The van der Waals surface area contributed by atoms with Gasteiger partial charge in [-0.05, 0) is 30.5 Å². The van der Waals surface area contributed by atoms with Crippen molar-refractivity contribution in [1.82, 2.24) is 14.7 Å². The van der Waals surface area contributed by atoms with Gasteiger partial charge >= 0.3 is 0 Å². The summed E-state index contributed by atoms with van der Waals surface area (Å²) in [6.07, 6.45) is 1.71. The minimum Gasteiger partial charge on any atom is -0.341 e. The first kappa shape index (κ1) is 21.5. The fourth-order valence-electron chi connectivity index (χ4n) is 4.42. The van der Waals surface area contributed by atoms with Gasteiger partial charge in [-0.1, -0.05) is 48.5 Å². The zero-order valence-electron chi connectivity index (χ0n) is 18.1. The van der Waals surface area contributed by atoms with E-state index >= 15 is 0 Å². The minimum atomic E-state index is -0.138. The quantitative estimate of drug-likeness (QED) is 0.781. The van der Waals surface area contributed by atoms with Gasteiger partial charge in [0, 0.05) is 51.5 Å². The molecule has 2 aliphatic rings. The Bertz CT molecular complexity index is 850. The van der Waals surface area contributed by atoms with Crippen molar-refractivity contribution in [3.63, 3.8) is 0 Å². The van der Waals surface area contributed by atoms with Crippen LogP contribution in [0, 0.1) is 5.92 Å². The molecule has 2 aromatic rings. The molecule has 31 heavy (non-hydrogen) atoms. The van der Waals surface area contributed by atoms with E-state index in [4.69, 9.17) is 0 Å². The third-order valence-electron chi connectivity index (χ3n) is 6.26. The number of likely N-dealkylation sites (tertiary alicyclic amines) is 1. The van der Waals surface area contributed by atoms with Gasteiger partial charge in [-0.3, -0.25) is 19.4 Å². The molecule has 6 heteroatoms. The summed E-state index contributed by atoms with van der Waals surface area (Å²) >= 11 is 0. The molecule has 2 saturated heterocycles. The fraction of sp³-hybridized carbons (Fsp3) is 0.440. The van der Waals surface area contributed by atoms with Crippen molar-refractivity contribution in [3.05, 3.63) is 66.2 Å². The number of hydrogen-bond acceptors (Lipinski definition) is 4. The van der Waals surface area contributed by atoms with Gasteiger partial charge in [0.05, 0.1) is 12.5 Å². The second kappa shape index (κ2) is 10.6. The Hall–Kier alpha value is -2.70. The van der Waals surface area contributed by atoms with Crippen LogP contribution in [0.4, 0.5) is 5.69 Å². The zero-order valence-corrected chi connectivity index (χ0v) is 18.1. The van der Waals surface area contributed by atoms with Crippen molar-refractivity contribution in [2.75, 3.05) is 51.1 Å². The summed E-state index contributed by atoms with van der Waals surface area (Å²) in [5.41, 5.74) is 2.14. The van der Waals surface area contributed by atoms with Crippen molar-refractivity contribution >= 4 is 17.5 Å². The number of para-hydroxylation sites is 1. The molecule has 0 aromatic heterocycles. The number of benzene rings is 2. The van der Waals surface area contributed by atoms with Crippen LogP contribution >= 0.6 is 0 Å². The number of nitrogens with zero attached hydrogens (tertiary/aromatic N) is 3. The Labute approximate surface area is 184 Å². The molecule has 2 heterocycles. The first-order valence-corrected chi connectivity index (χ1v) is 11.3. The summed E-state index contributed by atoms with van der Waals surface area (Å²) in [5.74, 6) is 0.0209. The second-order valence-corrected chi connectivity index (χ2v) is 8.57. The van der Waals surface area contributed by atoms with Gasteiger partial charge in [0.1, 0.15) is 0 Å². The number of piperidine rings is 1. The van der Waals surface area contributed by atoms with E-state index in [0.29, 0.717) is 13.1 Å². The summed E-state index contributed by atoms with van der Waals surface area (Å²) in [6.45, 7) is 6.45. The predicted octanol–water partition coefficient (Wildman–Crippen LogP) is 2.68. The van der Waals surface area contributed by atoms with Crippen molar-refractivity contribution in [1.29, 1.82) is 0 Å². The Morgan fingerprint density at radius 2 is 1.48 bits per heavy atom. The number of carbonyl (C=O) groups excluding carboxylic acids is 2. The minimum absolute atomic E-state index is 0.0122. The van der Waals surface area contributed by atoms with Gasteiger partial charge in [0.25, 0.3) is 0 Å². The molecule has 1 unspecified atom stereocenters. The maximum atomic E-state index is 12.9. The van der Waals surface area contributed by atoms with Gasteiger partial charge in [0.2, 0.25) is 11.8 Å². The second-order valence-electron chi connectivity index (χ2n) is 8.57. The standard InChI is InChI=1S/C25H32N4O2/c30-24(20-28-16-14-27(15-17-28)18-21-8-3-1-4-9-21)29-13-7-10-22(19-29)25(31)26-23-11-5-2-6-12-23/h1-6,8-9,11-12,22H,7,10,13-20H2,(H,26,31). The highest BCUT2D eigenvalue weighted by molar-refractivity contribution is 5.93. The van der Waals surface area contributed by atoms with Crippen molar-refractivity contribution in [3.8, 4) is 0 Å². The van der Waals surface area contributed by atoms with Crippen molar-refractivity contribution in [2.24, 2.45) is 5.92 Å². The van der Waals surface area contributed by atoms with Gasteiger partial charge in [-0.25, -0.2) is 0 Å². The molecule has 6 nitrogen and oxygen atoms in total. The van der Waals surface area contributed by atoms with Crippen molar-refractivity contribution < 1.29 is 9.59 Å². The lowest BCUT2D eigenvalue weighted by atomic mass is 9.97. The number of amides is 2. The van der Waals surface area contributed by atoms with E-state index < -0.39 is 0 Å². The molecule has 0 bridgehead atoms. The van der Waals surface area contributed by atoms with E-state index in [2.05, 4.69) is 39.4 Å². The number of hydrogen-bond donors (Lipinski definition) is 1. The number of nitrogens with one attached hydrogen (secondary N) is 1. The molecule has 164 valence electrons. The molecule has 2 aliphatic heterocycles. The lowest BCUT2D eigenvalue weighted by Crippen LogP contribution is -2.51. The number of anilines is 1. The Kier molecular flexibility index (Phi) is 7.33. The monoisotopic (exact) mass is 420 g/mol. The molecule has 0 radical (unpaired) electrons. The molecule has 2 fully saturated rings. The van der Waals surface area contributed by atoms with Gasteiger partial charge < -0.3 is 10.2 Å². The summed E-state index contributed by atoms with van der Waals surface area (Å²) in [6, 6.07) is 20.1. The highest BCUT2D eigenvalue weighted by Gasteiger charge is 2.29. The summed E-state index contributed by atoms with van der Waals surface area (Å²) < 4.78 is 0. The zero-order chi connectivity index (χ0) is 21.5. The maximum absolute atomic E-state index is 12.9. The normalized spacial score (nSPS) is 20.4. The molecule has 0 spiro atoms. The molecule has 2 amide bonds. The lowest BCUT2D eigenvalue weighted by Gasteiger charge is -2.37. The third-order valence-corrected chi connectivity index (χ3v) is 6.26. The molecule has 2 aromatic carbocycles. The van der Waals surface area contributed by atoms with Crippen LogP contribution in [-0.2, 0) is 16.1 Å². The van der Waals surface area contributed by atoms with E-state index in [1.165, 1.54) is 5.56 Å². The van der Waals surface area contributed by atoms with Crippen LogP contribution in [0.15, 0.2) is 60.7 Å². The van der Waals surface area contributed by atoms with Crippen LogP contribution in [-0.4, -0.2) is 72.3 Å². The first-order chi connectivity index (χ1) is 15.2. The van der Waals surface area contributed by atoms with E-state index in [1.807, 2.05) is 41.3 Å². The molecule has 1 N–H and O–H groups in total. The smallest absolute Gasteiger partial charge is 0.236 e. The van der Waals surface area contributed by atoms with E-state index in [-0.39, 0.29) is 17.7 Å². The highest BCUT2D eigenvalue weighted by Crippen LogP contribution is 2.19. The summed E-state index contributed by atoms with van der Waals surface area (Å²) in [7, 11) is 0. The molecular weight excluding hydrogens is 388 g/mol. The van der Waals surface area contributed by atoms with E-state index in [9.17, 15) is 9.59 Å². The Morgan fingerprint density at radius 3 is 2.19 bits per heavy atom. The number of rotatable bonds is 6. The van der Waals surface area contributed by atoms with E-state index in [1.54, 1.807) is 0 Å². The van der Waals surface area contributed by atoms with E-state index in [0.717, 1.165) is 57.8 Å². The number of piperazine rings is 1. The van der Waals surface area contributed by atoms with Gasteiger partial charge in [-0.2, -0.15) is 0 Å². The van der Waals surface area contributed by atoms with Crippen LogP contribution in [0.3, 0.4) is 0 Å². The maximum Gasteiger partial charge on any atom is 0.236 e. The fourth-order valence-corrected chi connectivity index (χ4v) is 4.42. The van der Waals surface area contributed by atoms with Crippen LogP contribution in [0.1, 0.15) is 18.4 Å². The van der Waals surface area contributed by atoms with Crippen molar-refractivity contribution in [2.45, 2.75) is 19.4 Å². The molecular formula is C25H32N4O2. The Balaban J connectivity index is 1.22. The van der Waals surface area contributed by atoms with Crippen LogP contribution in [0.5, 0.6) is 0 Å². The third kappa shape index (κ3) is 6.15. The average molecular weight is 421 g/mol. The summed E-state index contributed by atoms with van der Waals surface area (Å²) in [4.78, 5) is 32.1. The number of carbonyl (C=O) groups is 2. The first-order valence-electron chi connectivity index (χ1n) is 11.3. The highest BCUT2D eigenvalue weighted by atomic mass is 16.2. The molecule has 0 saturated carbocycles. The van der Waals surface area contributed by atoms with Crippen LogP contribution in [0.2, 0.25) is 0 Å². The molecule has 1 atom stereocenters. The predicted molar refractivity (Wildman–Crippen MR) is 123 cm³/mol. The molecule has 0 aliphatic carbocycles. The average Bonchev–Trinajstić information content (AvgIpc) is 2.82.